The van der Waals surface area contributed by atoms with Gasteiger partial charge in [0.2, 0.25) is 0 Å². The van der Waals surface area contributed by atoms with Crippen LogP contribution in [0.3, 0.4) is 0 Å². The smallest absolute Gasteiger partial charge is 0.0570 e. The number of benzene rings is 2. The summed E-state index contributed by atoms with van der Waals surface area (Å²) in [5, 5.41) is 0. The van der Waals surface area contributed by atoms with E-state index in [9.17, 15) is 0 Å². The van der Waals surface area contributed by atoms with Crippen LogP contribution in [0.25, 0.3) is 0 Å². The Bertz CT molecular complexity index is 1420. The fourth-order valence-electron chi connectivity index (χ4n) is 11.0. The van der Waals surface area contributed by atoms with Gasteiger partial charge in [-0.3, -0.25) is 0 Å². The van der Waals surface area contributed by atoms with Crippen molar-refractivity contribution >= 4 is 38.0 Å². The molecule has 2 aromatic carbocycles. The zero-order valence-corrected chi connectivity index (χ0v) is 35.8. The molecule has 0 radical (unpaired) electrons. The fraction of sp³-hybridized carbons (Fsp3) is 0.696. The van der Waals surface area contributed by atoms with Crippen LogP contribution in [0.2, 0.25) is 0 Å². The molecule has 0 unspecified atom stereocenters. The highest BCUT2D eigenvalue weighted by Crippen LogP contribution is 2.61. The van der Waals surface area contributed by atoms with Crippen molar-refractivity contribution in [1.82, 2.24) is 0 Å². The molecule has 2 aliphatic heterocycles. The molecule has 2 saturated heterocycles. The molecule has 274 valence electrons. The second-order valence-electron chi connectivity index (χ2n) is 19.4. The maximum atomic E-state index is 2.97. The highest BCUT2D eigenvalue weighted by Gasteiger charge is 2.56. The lowest BCUT2D eigenvalue weighted by molar-refractivity contribution is 0.255. The Hall–Kier alpha value is -1.62. The molecule has 2 aromatic rings. The van der Waals surface area contributed by atoms with Gasteiger partial charge >= 0.3 is 0 Å². The Morgan fingerprint density at radius 3 is 1.00 bits per heavy atom. The Morgan fingerprint density at radius 1 is 0.460 bits per heavy atom. The number of rotatable bonds is 7. The fourth-order valence-corrected chi connectivity index (χ4v) is 15.5. The lowest BCUT2D eigenvalue weighted by Gasteiger charge is -2.40. The van der Waals surface area contributed by atoms with Crippen molar-refractivity contribution in [3.63, 3.8) is 0 Å². The molecule has 2 nitrogen and oxygen atoms in total. The van der Waals surface area contributed by atoms with Gasteiger partial charge in [0.25, 0.3) is 0 Å². The van der Waals surface area contributed by atoms with E-state index in [1.807, 2.05) is 0 Å². The van der Waals surface area contributed by atoms with Gasteiger partial charge in [-0.25, -0.2) is 0 Å². The molecule has 0 amide bonds. The van der Waals surface area contributed by atoms with Crippen LogP contribution < -0.4 is 9.80 Å². The van der Waals surface area contributed by atoms with E-state index in [-0.39, 0.29) is 11.1 Å². The zero-order valence-electron chi connectivity index (χ0n) is 34.0. The summed E-state index contributed by atoms with van der Waals surface area (Å²) in [6.45, 7) is 29.6. The van der Waals surface area contributed by atoms with Crippen molar-refractivity contribution in [2.45, 2.75) is 195 Å². The van der Waals surface area contributed by atoms with E-state index < -0.39 is 0 Å². The van der Waals surface area contributed by atoms with Gasteiger partial charge in [-0.05, 0) is 128 Å². The normalized spacial score (nSPS) is 24.4. The summed E-state index contributed by atoms with van der Waals surface area (Å²) < 4.78 is 0. The molecule has 0 N–H and O–H groups in total. The van der Waals surface area contributed by atoms with Gasteiger partial charge in [0, 0.05) is 33.3 Å². The predicted octanol–water partition coefficient (Wildman–Crippen LogP) is 14.8. The zero-order chi connectivity index (χ0) is 36.2. The van der Waals surface area contributed by atoms with Crippen LogP contribution in [-0.2, 0) is 0 Å². The first kappa shape index (κ1) is 38.1. The van der Waals surface area contributed by atoms with Crippen LogP contribution in [0.4, 0.5) is 11.4 Å². The Labute approximate surface area is 311 Å². The third kappa shape index (κ3) is 6.70. The van der Waals surface area contributed by atoms with Crippen molar-refractivity contribution in [3.8, 4) is 0 Å². The van der Waals surface area contributed by atoms with Crippen molar-refractivity contribution < 1.29 is 0 Å². The predicted molar refractivity (Wildman–Crippen MR) is 226 cm³/mol. The monoisotopic (exact) mass is 713 g/mol. The molecule has 2 spiro atoms. The number of hydrogen-bond acceptors (Lipinski definition) is 0. The Balaban J connectivity index is 1.66. The molecular weight excluding hydrogens is 642 g/mol. The van der Waals surface area contributed by atoms with E-state index in [1.165, 1.54) is 115 Å². The maximum Gasteiger partial charge on any atom is 0.0570 e. The summed E-state index contributed by atoms with van der Waals surface area (Å²) in [5.74, 6) is 1.97. The van der Waals surface area contributed by atoms with Crippen LogP contribution in [0, 0.1) is 10.8 Å². The molecule has 0 atom stereocenters. The maximum absolute atomic E-state index is 2.97. The van der Waals surface area contributed by atoms with Crippen LogP contribution in [0.5, 0.6) is 0 Å². The number of hydrogen-bond donors (Lipinski definition) is 0. The SMILES string of the molecule is CC(C)c1cccc(C(C)C)c1N1C(=PP=C2N(c3c(C(C)C)cccc3C(C)C)C(C)(C)CC23CCCCC3)C2(CCCCC2)CC1(C)C. The largest absolute Gasteiger partial charge is 0.334 e. The average Bonchev–Trinajstić information content (AvgIpc) is 3.39. The number of nitrogens with zero attached hydrogens (tertiary/aromatic N) is 2. The lowest BCUT2D eigenvalue weighted by atomic mass is 9.71. The van der Waals surface area contributed by atoms with E-state index in [1.54, 1.807) is 22.2 Å². The number of para-hydroxylation sites is 2. The van der Waals surface area contributed by atoms with E-state index >= 15 is 0 Å². The van der Waals surface area contributed by atoms with Gasteiger partial charge in [-0.1, -0.05) is 130 Å². The van der Waals surface area contributed by atoms with Crippen LogP contribution in [-0.4, -0.2) is 21.9 Å². The third-order valence-electron chi connectivity index (χ3n) is 13.1. The van der Waals surface area contributed by atoms with Crippen molar-refractivity contribution in [2.24, 2.45) is 10.8 Å². The van der Waals surface area contributed by atoms with Gasteiger partial charge in [-0.2, -0.15) is 0 Å². The van der Waals surface area contributed by atoms with Crippen LogP contribution in [0.15, 0.2) is 36.4 Å². The first-order chi connectivity index (χ1) is 23.6. The van der Waals surface area contributed by atoms with E-state index in [4.69, 9.17) is 0 Å². The summed E-state index contributed by atoms with van der Waals surface area (Å²) in [6, 6.07) is 14.5. The summed E-state index contributed by atoms with van der Waals surface area (Å²) in [5.41, 5.74) is 13.5. The summed E-state index contributed by atoms with van der Waals surface area (Å²) in [4.78, 5) is 5.94. The summed E-state index contributed by atoms with van der Waals surface area (Å²) in [6.07, 6.45) is 16.3. The summed E-state index contributed by atoms with van der Waals surface area (Å²) in [7, 11) is 3.06. The standard InChI is InChI=1S/C46H70N2P2/c1-31(2)35-21-19-22-36(32(3)4)39(35)47-41(45(29-43(47,9)10)25-15-13-16-26-45)49-50-42-46(27-17-14-18-28-46)30-44(11,12)48(42)40-37(33(5)6)23-20-24-38(40)34(7)8/h19-24,31-34H,13-18,25-30H2,1-12H3. The van der Waals surface area contributed by atoms with Gasteiger partial charge in [0.1, 0.15) is 0 Å². The first-order valence-electron chi connectivity index (χ1n) is 20.6. The van der Waals surface area contributed by atoms with E-state index in [0.29, 0.717) is 34.5 Å². The molecule has 4 aliphatic rings. The van der Waals surface area contributed by atoms with E-state index in [2.05, 4.69) is 129 Å². The van der Waals surface area contributed by atoms with Gasteiger partial charge in [0.05, 0.1) is 10.8 Å². The molecule has 2 aliphatic carbocycles. The van der Waals surface area contributed by atoms with Crippen LogP contribution >= 0.6 is 15.8 Å². The molecular formula is C46H70N2P2. The first-order valence-corrected chi connectivity index (χ1v) is 23.1. The molecule has 2 heterocycles. The quantitative estimate of drug-likeness (QED) is 0.264. The molecule has 0 bridgehead atoms. The van der Waals surface area contributed by atoms with Crippen LogP contribution in [0.1, 0.15) is 206 Å². The van der Waals surface area contributed by atoms with Gasteiger partial charge < -0.3 is 9.80 Å². The third-order valence-corrected chi connectivity index (χ3v) is 16.4. The molecule has 50 heavy (non-hydrogen) atoms. The molecule has 4 heteroatoms. The molecule has 6 rings (SSSR count). The molecule has 2 saturated carbocycles. The Kier molecular flexibility index (Phi) is 10.9. The van der Waals surface area contributed by atoms with Crippen molar-refractivity contribution in [3.05, 3.63) is 58.7 Å². The minimum absolute atomic E-state index is 0.0840. The van der Waals surface area contributed by atoms with Gasteiger partial charge in [-0.15, -0.1) is 0 Å². The van der Waals surface area contributed by atoms with Crippen molar-refractivity contribution in [2.75, 3.05) is 9.80 Å². The van der Waals surface area contributed by atoms with Gasteiger partial charge in [0.15, 0.2) is 0 Å². The second kappa shape index (κ2) is 14.3. The average molecular weight is 713 g/mol. The highest BCUT2D eigenvalue weighted by atomic mass is 32.0. The second-order valence-corrected chi connectivity index (χ2v) is 21.8. The molecule has 0 aromatic heterocycles. The minimum Gasteiger partial charge on any atom is -0.334 e. The minimum atomic E-state index is 0.0840. The highest BCUT2D eigenvalue weighted by molar-refractivity contribution is 8.11. The lowest BCUT2D eigenvalue weighted by Crippen LogP contribution is -2.43. The number of anilines is 2. The Morgan fingerprint density at radius 2 is 0.740 bits per heavy atom. The van der Waals surface area contributed by atoms with Crippen molar-refractivity contribution in [1.29, 1.82) is 0 Å². The summed E-state index contributed by atoms with van der Waals surface area (Å²) >= 11 is 0. The van der Waals surface area contributed by atoms with E-state index in [0.717, 1.165) is 0 Å². The molecule has 4 fully saturated rings. The topological polar surface area (TPSA) is 6.48 Å².